The molecule has 3 saturated heterocycles. The molecular weight excluding hydrogens is 272 g/mol. The van der Waals surface area contributed by atoms with Crippen molar-refractivity contribution in [1.82, 2.24) is 10.6 Å². The van der Waals surface area contributed by atoms with E-state index in [-0.39, 0.29) is 12.1 Å². The minimum absolute atomic E-state index is 0.237. The predicted octanol–water partition coefficient (Wildman–Crippen LogP) is 0.813. The number of hydrogen-bond acceptors (Lipinski definition) is 4. The highest BCUT2D eigenvalue weighted by molar-refractivity contribution is 5.75. The first kappa shape index (κ1) is 14.8. The smallest absolute Gasteiger partial charge is 0.320 e. The summed E-state index contributed by atoms with van der Waals surface area (Å²) in [6.45, 7) is 0. The van der Waals surface area contributed by atoms with E-state index < -0.39 is 11.9 Å². The Kier molecular flexibility index (Phi) is 4.17. The highest BCUT2D eigenvalue weighted by Gasteiger charge is 2.42. The van der Waals surface area contributed by atoms with E-state index in [1.54, 1.807) is 0 Å². The number of carboxylic acid groups (broad SMARTS) is 2. The van der Waals surface area contributed by atoms with Crippen LogP contribution < -0.4 is 10.6 Å². The van der Waals surface area contributed by atoms with Crippen molar-refractivity contribution >= 4 is 11.9 Å². The first-order valence-corrected chi connectivity index (χ1v) is 8.02. The summed E-state index contributed by atoms with van der Waals surface area (Å²) in [5.74, 6) is -0.522. The van der Waals surface area contributed by atoms with Crippen molar-refractivity contribution < 1.29 is 19.8 Å². The second-order valence-corrected chi connectivity index (χ2v) is 6.85. The summed E-state index contributed by atoms with van der Waals surface area (Å²) >= 11 is 0. The van der Waals surface area contributed by atoms with E-state index in [0.717, 1.165) is 25.7 Å². The number of aliphatic carboxylic acids is 2. The van der Waals surface area contributed by atoms with Gasteiger partial charge in [-0.3, -0.25) is 9.59 Å². The minimum atomic E-state index is -0.674. The van der Waals surface area contributed by atoms with E-state index in [1.807, 2.05) is 0 Å². The Morgan fingerprint density at radius 2 is 1.19 bits per heavy atom. The summed E-state index contributed by atoms with van der Waals surface area (Å²) in [6, 6.07) is 0.508. The highest BCUT2D eigenvalue weighted by atomic mass is 16.4. The number of hydrogen-bond donors (Lipinski definition) is 4. The Bertz CT molecular complexity index is 420. The second kappa shape index (κ2) is 5.93. The van der Waals surface area contributed by atoms with Gasteiger partial charge in [-0.1, -0.05) is 0 Å². The van der Waals surface area contributed by atoms with Crippen LogP contribution in [0.4, 0.5) is 0 Å². The molecule has 5 rings (SSSR count). The Balaban J connectivity index is 0.000000126. The molecule has 0 spiro atoms. The quantitative estimate of drug-likeness (QED) is 0.602. The van der Waals surface area contributed by atoms with Gasteiger partial charge in [-0.2, -0.15) is 0 Å². The zero-order valence-electron chi connectivity index (χ0n) is 12.1. The van der Waals surface area contributed by atoms with Crippen LogP contribution in [0.2, 0.25) is 0 Å². The van der Waals surface area contributed by atoms with Crippen LogP contribution in [0, 0.1) is 11.8 Å². The van der Waals surface area contributed by atoms with Gasteiger partial charge in [0.25, 0.3) is 0 Å². The van der Waals surface area contributed by atoms with E-state index in [2.05, 4.69) is 10.6 Å². The number of fused-ring (bicyclic) bond motifs is 5. The van der Waals surface area contributed by atoms with Crippen LogP contribution in [-0.4, -0.2) is 46.3 Å². The zero-order valence-corrected chi connectivity index (χ0v) is 12.1. The van der Waals surface area contributed by atoms with Crippen LogP contribution >= 0.6 is 0 Å². The third-order valence-corrected chi connectivity index (χ3v) is 5.55. The van der Waals surface area contributed by atoms with Gasteiger partial charge in [-0.05, 0) is 56.8 Å². The molecule has 118 valence electrons. The van der Waals surface area contributed by atoms with E-state index in [1.165, 1.54) is 19.3 Å². The van der Waals surface area contributed by atoms with E-state index in [4.69, 9.17) is 10.2 Å². The summed E-state index contributed by atoms with van der Waals surface area (Å²) in [6.07, 6.45) is 7.92. The summed E-state index contributed by atoms with van der Waals surface area (Å²) in [7, 11) is 0. The summed E-state index contributed by atoms with van der Waals surface area (Å²) < 4.78 is 0. The third kappa shape index (κ3) is 3.06. The van der Waals surface area contributed by atoms with Gasteiger partial charge < -0.3 is 20.8 Å². The average Bonchev–Trinajstić information content (AvgIpc) is 3.12. The van der Waals surface area contributed by atoms with E-state index in [0.29, 0.717) is 23.9 Å². The maximum absolute atomic E-state index is 10.7. The lowest BCUT2D eigenvalue weighted by atomic mass is 9.76. The molecule has 21 heavy (non-hydrogen) atoms. The van der Waals surface area contributed by atoms with Gasteiger partial charge in [0.05, 0.1) is 0 Å². The maximum Gasteiger partial charge on any atom is 0.320 e. The lowest BCUT2D eigenvalue weighted by Gasteiger charge is -2.41. The summed E-state index contributed by atoms with van der Waals surface area (Å²) in [5, 5.41) is 23.7. The first-order chi connectivity index (χ1) is 10.0. The van der Waals surface area contributed by atoms with Gasteiger partial charge in [0, 0.05) is 12.1 Å². The first-order valence-electron chi connectivity index (χ1n) is 8.02. The molecule has 4 bridgehead atoms. The van der Waals surface area contributed by atoms with Crippen LogP contribution in [0.5, 0.6) is 0 Å². The second-order valence-electron chi connectivity index (χ2n) is 6.85. The van der Waals surface area contributed by atoms with E-state index in [9.17, 15) is 9.59 Å². The number of carboxylic acids is 2. The number of rotatable bonds is 2. The molecule has 0 aromatic heterocycles. The van der Waals surface area contributed by atoms with Gasteiger partial charge in [-0.15, -0.1) is 0 Å². The minimum Gasteiger partial charge on any atom is -0.480 e. The molecule has 0 amide bonds. The predicted molar refractivity (Wildman–Crippen MR) is 76.0 cm³/mol. The molecule has 2 aliphatic carbocycles. The zero-order chi connectivity index (χ0) is 15.0. The van der Waals surface area contributed by atoms with Crippen molar-refractivity contribution in [3.63, 3.8) is 0 Å². The van der Waals surface area contributed by atoms with Crippen LogP contribution in [0.1, 0.15) is 44.9 Å². The van der Waals surface area contributed by atoms with Crippen molar-refractivity contribution in [3.05, 3.63) is 0 Å². The molecule has 0 aromatic carbocycles. The van der Waals surface area contributed by atoms with Crippen molar-refractivity contribution in [2.24, 2.45) is 11.8 Å². The standard InChI is InChI=1S/C8H13NO2.C7H11NO2/c10-8(11)7-5-1-3-6(9-7)4-2-5;9-7(10)6-4-1-2-5(3-4)8-6/h5-7,9H,1-4H2,(H,10,11);4-6,8H,1-3H2,(H,9,10). The molecule has 3 heterocycles. The average molecular weight is 296 g/mol. The summed E-state index contributed by atoms with van der Waals surface area (Å²) in [5.41, 5.74) is 0. The van der Waals surface area contributed by atoms with E-state index >= 15 is 0 Å². The molecular formula is C15H24N2O4. The van der Waals surface area contributed by atoms with Crippen LogP contribution in [0.25, 0.3) is 0 Å². The van der Waals surface area contributed by atoms with Crippen molar-refractivity contribution in [3.8, 4) is 0 Å². The molecule has 5 aliphatic rings. The lowest BCUT2D eigenvalue weighted by Crippen LogP contribution is -2.55. The fourth-order valence-corrected chi connectivity index (χ4v) is 4.42. The molecule has 2 saturated carbocycles. The molecule has 0 aromatic rings. The van der Waals surface area contributed by atoms with Crippen molar-refractivity contribution in [2.45, 2.75) is 69.1 Å². The summed E-state index contributed by atoms with van der Waals surface area (Å²) in [4.78, 5) is 21.2. The van der Waals surface area contributed by atoms with Crippen LogP contribution in [-0.2, 0) is 9.59 Å². The molecule has 5 fully saturated rings. The van der Waals surface area contributed by atoms with Crippen LogP contribution in [0.15, 0.2) is 0 Å². The fourth-order valence-electron chi connectivity index (χ4n) is 4.42. The molecule has 6 nitrogen and oxygen atoms in total. The Hall–Kier alpha value is -1.14. The largest absolute Gasteiger partial charge is 0.480 e. The van der Waals surface area contributed by atoms with Gasteiger partial charge in [0.15, 0.2) is 0 Å². The molecule has 4 atom stereocenters. The number of carbonyl (C=O) groups is 2. The molecule has 3 aliphatic heterocycles. The van der Waals surface area contributed by atoms with Crippen LogP contribution in [0.3, 0.4) is 0 Å². The number of nitrogens with one attached hydrogen (secondary N) is 2. The monoisotopic (exact) mass is 296 g/mol. The van der Waals surface area contributed by atoms with Crippen molar-refractivity contribution in [1.29, 1.82) is 0 Å². The maximum atomic E-state index is 10.7. The van der Waals surface area contributed by atoms with Crippen molar-refractivity contribution in [2.75, 3.05) is 0 Å². The van der Waals surface area contributed by atoms with Gasteiger partial charge in [-0.25, -0.2) is 0 Å². The fraction of sp³-hybridized carbons (Fsp3) is 0.867. The number of piperidine rings is 3. The Morgan fingerprint density at radius 3 is 1.48 bits per heavy atom. The van der Waals surface area contributed by atoms with Gasteiger partial charge in [0.2, 0.25) is 0 Å². The normalized spacial score (nSPS) is 43.2. The van der Waals surface area contributed by atoms with Gasteiger partial charge >= 0.3 is 11.9 Å². The highest BCUT2D eigenvalue weighted by Crippen LogP contribution is 2.35. The topological polar surface area (TPSA) is 98.7 Å². The Labute approximate surface area is 124 Å². The molecule has 0 radical (unpaired) electrons. The molecule has 4 N–H and O–H groups in total. The third-order valence-electron chi connectivity index (χ3n) is 5.55. The molecule has 4 unspecified atom stereocenters. The van der Waals surface area contributed by atoms with Gasteiger partial charge in [0.1, 0.15) is 12.1 Å². The molecule has 6 heteroatoms. The Morgan fingerprint density at radius 1 is 0.714 bits per heavy atom. The lowest BCUT2D eigenvalue weighted by molar-refractivity contribution is -0.143. The SMILES string of the molecule is O=C(O)C1NC2CCC1C2.O=C(O)C1NC2CCC1CC2.